The second-order valence-corrected chi connectivity index (χ2v) is 6.88. The van der Waals surface area contributed by atoms with E-state index in [-0.39, 0.29) is 11.1 Å². The molecule has 1 saturated heterocycles. The van der Waals surface area contributed by atoms with Gasteiger partial charge in [-0.3, -0.25) is 9.67 Å². The Labute approximate surface area is 165 Å². The van der Waals surface area contributed by atoms with Crippen molar-refractivity contribution in [2.24, 2.45) is 12.0 Å². The quantitative estimate of drug-likeness (QED) is 0.593. The minimum absolute atomic E-state index is 0.00538. The molecule has 1 aliphatic heterocycles. The van der Waals surface area contributed by atoms with Crippen LogP contribution in [0.15, 0.2) is 29.5 Å². The number of nitrogens with zero attached hydrogens (tertiary/aromatic N) is 5. The Morgan fingerprint density at radius 1 is 1.43 bits per heavy atom. The molecule has 0 radical (unpaired) electrons. The monoisotopic (exact) mass is 415 g/mol. The van der Waals surface area contributed by atoms with Crippen LogP contribution in [0.4, 0.5) is 19.0 Å². The van der Waals surface area contributed by atoms with Crippen LogP contribution in [-0.4, -0.2) is 46.9 Å². The molecule has 0 aliphatic carbocycles. The summed E-state index contributed by atoms with van der Waals surface area (Å²) < 4.78 is 40.1. The maximum absolute atomic E-state index is 12.8. The minimum atomic E-state index is -4.46. The van der Waals surface area contributed by atoms with Crippen LogP contribution in [-0.2, 0) is 19.8 Å². The third kappa shape index (κ3) is 4.67. The number of aromatic nitrogens is 3. The van der Waals surface area contributed by atoms with E-state index in [0.717, 1.165) is 24.4 Å². The predicted molar refractivity (Wildman–Crippen MR) is 101 cm³/mol. The molecule has 0 bridgehead atoms. The molecule has 3 rings (SSSR count). The van der Waals surface area contributed by atoms with Gasteiger partial charge in [0.15, 0.2) is 5.96 Å². The second kappa shape index (κ2) is 8.26. The number of anilines is 1. The van der Waals surface area contributed by atoms with Crippen LogP contribution >= 0.6 is 11.6 Å². The lowest BCUT2D eigenvalue weighted by Crippen LogP contribution is -2.44. The third-order valence-corrected chi connectivity index (χ3v) is 4.84. The molecule has 0 spiro atoms. The molecular formula is C17H21ClF3N7. The summed E-state index contributed by atoms with van der Waals surface area (Å²) in [5.41, 5.74) is 0.159. The number of aryl methyl sites for hydroxylation is 1. The fraction of sp³-hybridized carbons (Fsp3) is 0.471. The van der Waals surface area contributed by atoms with Gasteiger partial charge in [-0.2, -0.15) is 18.3 Å². The smallest absolute Gasteiger partial charge is 0.353 e. The number of hydrogen-bond acceptors (Lipinski definition) is 4. The topological polar surface area (TPSA) is 70.4 Å². The van der Waals surface area contributed by atoms with Gasteiger partial charge in [0.2, 0.25) is 0 Å². The predicted octanol–water partition coefficient (Wildman–Crippen LogP) is 2.43. The molecule has 2 aromatic rings. The molecule has 11 heteroatoms. The standard InChI is InChI=1S/C17H21ClF3N7/c1-22-16(24-9-13-3-5-25-27(13)2)26-12-4-6-28(10-12)15-14(18)7-11(8-23-15)17(19,20)21/h3,5,7-8,12H,4,6,9-10H2,1-2H3,(H2,22,24,26). The molecule has 0 amide bonds. The fourth-order valence-corrected chi connectivity index (χ4v) is 3.31. The van der Waals surface area contributed by atoms with Gasteiger partial charge >= 0.3 is 6.18 Å². The first kappa shape index (κ1) is 20.2. The summed E-state index contributed by atoms with van der Waals surface area (Å²) in [4.78, 5) is 10.0. The minimum Gasteiger partial charge on any atom is -0.353 e. The summed E-state index contributed by atoms with van der Waals surface area (Å²) in [7, 11) is 3.54. The van der Waals surface area contributed by atoms with Crippen LogP contribution in [0.2, 0.25) is 5.02 Å². The fourth-order valence-electron chi connectivity index (χ4n) is 3.03. The molecule has 2 aromatic heterocycles. The highest BCUT2D eigenvalue weighted by atomic mass is 35.5. The first-order valence-corrected chi connectivity index (χ1v) is 9.07. The van der Waals surface area contributed by atoms with Crippen molar-refractivity contribution in [1.29, 1.82) is 0 Å². The van der Waals surface area contributed by atoms with Crippen LogP contribution in [0.5, 0.6) is 0 Å². The Morgan fingerprint density at radius 3 is 2.82 bits per heavy atom. The van der Waals surface area contributed by atoms with Gasteiger partial charge in [0.1, 0.15) is 5.82 Å². The van der Waals surface area contributed by atoms with Crippen molar-refractivity contribution < 1.29 is 13.2 Å². The highest BCUT2D eigenvalue weighted by molar-refractivity contribution is 6.33. The number of alkyl halides is 3. The molecule has 2 N–H and O–H groups in total. The molecule has 7 nitrogen and oxygen atoms in total. The molecule has 0 saturated carbocycles. The van der Waals surface area contributed by atoms with Crippen molar-refractivity contribution in [3.8, 4) is 0 Å². The molecule has 1 unspecified atom stereocenters. The lowest BCUT2D eigenvalue weighted by Gasteiger charge is -2.21. The maximum Gasteiger partial charge on any atom is 0.417 e. The van der Waals surface area contributed by atoms with Crippen LogP contribution < -0.4 is 15.5 Å². The second-order valence-electron chi connectivity index (χ2n) is 6.48. The Morgan fingerprint density at radius 2 is 2.21 bits per heavy atom. The lowest BCUT2D eigenvalue weighted by molar-refractivity contribution is -0.137. The first-order chi connectivity index (χ1) is 13.3. The molecule has 1 atom stereocenters. The normalized spacial score (nSPS) is 17.9. The van der Waals surface area contributed by atoms with Gasteiger partial charge in [0.05, 0.1) is 22.8 Å². The van der Waals surface area contributed by atoms with Gasteiger partial charge < -0.3 is 15.5 Å². The number of hydrogen-bond donors (Lipinski definition) is 2. The summed E-state index contributed by atoms with van der Waals surface area (Å²) >= 11 is 6.05. The van der Waals surface area contributed by atoms with Gasteiger partial charge in [0, 0.05) is 45.6 Å². The molecule has 1 aliphatic rings. The number of aliphatic imine (C=N–C) groups is 1. The number of pyridine rings is 1. The zero-order chi connectivity index (χ0) is 20.3. The lowest BCUT2D eigenvalue weighted by atomic mass is 10.2. The average molecular weight is 416 g/mol. The summed E-state index contributed by atoms with van der Waals surface area (Å²) in [5, 5.41) is 10.7. The van der Waals surface area contributed by atoms with Crippen LogP contribution in [0.3, 0.4) is 0 Å². The van der Waals surface area contributed by atoms with E-state index in [0.29, 0.717) is 31.4 Å². The molecular weight excluding hydrogens is 395 g/mol. The van der Waals surface area contributed by atoms with Crippen molar-refractivity contribution >= 4 is 23.4 Å². The highest BCUT2D eigenvalue weighted by Gasteiger charge is 2.33. The van der Waals surface area contributed by atoms with Crippen molar-refractivity contribution in [2.75, 3.05) is 25.0 Å². The average Bonchev–Trinajstić information content (AvgIpc) is 3.26. The largest absolute Gasteiger partial charge is 0.417 e. The SMILES string of the molecule is CN=C(NCc1ccnn1C)NC1CCN(c2ncc(C(F)(F)F)cc2Cl)C1. The van der Waals surface area contributed by atoms with Crippen LogP contribution in [0.25, 0.3) is 0 Å². The molecule has 3 heterocycles. The Hall–Kier alpha value is -2.49. The number of guanidine groups is 1. The Bertz CT molecular complexity index is 850. The van der Waals surface area contributed by atoms with E-state index in [4.69, 9.17) is 11.6 Å². The van der Waals surface area contributed by atoms with Crippen molar-refractivity contribution in [2.45, 2.75) is 25.2 Å². The van der Waals surface area contributed by atoms with Crippen molar-refractivity contribution in [3.05, 3.63) is 40.8 Å². The molecule has 152 valence electrons. The summed E-state index contributed by atoms with van der Waals surface area (Å²) in [6.07, 6.45) is -1.14. The zero-order valence-corrected chi connectivity index (χ0v) is 16.2. The van der Waals surface area contributed by atoms with Gasteiger partial charge in [-0.25, -0.2) is 4.98 Å². The number of halogens is 4. The maximum atomic E-state index is 12.8. The van der Waals surface area contributed by atoms with Crippen molar-refractivity contribution in [1.82, 2.24) is 25.4 Å². The van der Waals surface area contributed by atoms with E-state index in [1.165, 1.54) is 0 Å². The summed E-state index contributed by atoms with van der Waals surface area (Å²) in [6, 6.07) is 2.90. The van der Waals surface area contributed by atoms with Crippen LogP contribution in [0, 0.1) is 0 Å². The number of nitrogens with one attached hydrogen (secondary N) is 2. The van der Waals surface area contributed by atoms with Gasteiger partial charge in [-0.1, -0.05) is 11.6 Å². The van der Waals surface area contributed by atoms with Crippen molar-refractivity contribution in [3.63, 3.8) is 0 Å². The zero-order valence-electron chi connectivity index (χ0n) is 15.5. The van der Waals surface area contributed by atoms with Gasteiger partial charge in [-0.05, 0) is 18.6 Å². The molecule has 0 aromatic carbocycles. The van der Waals surface area contributed by atoms with Gasteiger partial charge in [0.25, 0.3) is 0 Å². The van der Waals surface area contributed by atoms with E-state index in [1.54, 1.807) is 17.9 Å². The Balaban J connectivity index is 1.58. The Kier molecular flexibility index (Phi) is 5.97. The van der Waals surface area contributed by atoms with Crippen LogP contribution in [0.1, 0.15) is 17.7 Å². The van der Waals surface area contributed by atoms with E-state index in [9.17, 15) is 13.2 Å². The van der Waals surface area contributed by atoms with E-state index in [2.05, 4.69) is 25.7 Å². The summed E-state index contributed by atoms with van der Waals surface area (Å²) in [6.45, 7) is 1.76. The molecule has 28 heavy (non-hydrogen) atoms. The number of rotatable bonds is 4. The van der Waals surface area contributed by atoms with E-state index in [1.807, 2.05) is 18.0 Å². The summed E-state index contributed by atoms with van der Waals surface area (Å²) in [5.74, 6) is 0.997. The highest BCUT2D eigenvalue weighted by Crippen LogP contribution is 2.34. The van der Waals surface area contributed by atoms with Gasteiger partial charge in [-0.15, -0.1) is 0 Å². The first-order valence-electron chi connectivity index (χ1n) is 8.69. The van der Waals surface area contributed by atoms with E-state index < -0.39 is 11.7 Å². The van der Waals surface area contributed by atoms with E-state index >= 15 is 0 Å². The molecule has 1 fully saturated rings. The third-order valence-electron chi connectivity index (χ3n) is 4.56.